The Bertz CT molecular complexity index is 614. The monoisotopic (exact) mass is 259 g/mol. The summed E-state index contributed by atoms with van der Waals surface area (Å²) >= 11 is 0. The summed E-state index contributed by atoms with van der Waals surface area (Å²) < 4.78 is 5.06. The quantitative estimate of drug-likeness (QED) is 0.875. The smallest absolute Gasteiger partial charge is 0.339 e. The fourth-order valence-corrected chi connectivity index (χ4v) is 1.62. The Kier molecular flexibility index (Phi) is 3.61. The molecule has 98 valence electrons. The lowest BCUT2D eigenvalue weighted by Gasteiger charge is -2.09. The molecular formula is C13H13N3O3. The highest BCUT2D eigenvalue weighted by Crippen LogP contribution is 2.24. The molecule has 0 atom stereocenters. The van der Waals surface area contributed by atoms with Gasteiger partial charge in [0.25, 0.3) is 0 Å². The van der Waals surface area contributed by atoms with Crippen molar-refractivity contribution < 1.29 is 14.6 Å². The predicted molar refractivity (Wildman–Crippen MR) is 70.0 cm³/mol. The van der Waals surface area contributed by atoms with Crippen molar-refractivity contribution in [2.24, 2.45) is 0 Å². The Morgan fingerprint density at radius 3 is 2.79 bits per heavy atom. The van der Waals surface area contributed by atoms with E-state index in [1.54, 1.807) is 31.3 Å². The highest BCUT2D eigenvalue weighted by Gasteiger charge is 2.11. The van der Waals surface area contributed by atoms with E-state index in [9.17, 15) is 4.79 Å². The second-order valence-corrected chi connectivity index (χ2v) is 3.83. The summed E-state index contributed by atoms with van der Waals surface area (Å²) in [5, 5.41) is 12.1. The van der Waals surface area contributed by atoms with E-state index in [0.29, 0.717) is 23.1 Å². The second-order valence-electron chi connectivity index (χ2n) is 3.83. The molecule has 19 heavy (non-hydrogen) atoms. The largest absolute Gasteiger partial charge is 0.496 e. The van der Waals surface area contributed by atoms with Crippen LogP contribution in [0, 0.1) is 6.92 Å². The van der Waals surface area contributed by atoms with Gasteiger partial charge in [0, 0.05) is 18.0 Å². The van der Waals surface area contributed by atoms with Crippen LogP contribution in [0.3, 0.4) is 0 Å². The predicted octanol–water partition coefficient (Wildman–Crippen LogP) is 2.24. The van der Waals surface area contributed by atoms with E-state index in [4.69, 9.17) is 9.84 Å². The van der Waals surface area contributed by atoms with Gasteiger partial charge >= 0.3 is 5.97 Å². The molecule has 1 aromatic carbocycles. The third-order valence-electron chi connectivity index (χ3n) is 2.48. The number of ether oxygens (including phenoxy) is 1. The highest BCUT2D eigenvalue weighted by molar-refractivity contribution is 5.91. The molecule has 0 aliphatic heterocycles. The Hall–Kier alpha value is -2.63. The zero-order valence-corrected chi connectivity index (χ0v) is 10.5. The molecule has 0 saturated carbocycles. The normalized spacial score (nSPS) is 10.0. The molecule has 0 radical (unpaired) electrons. The number of aromatic nitrogens is 2. The first-order chi connectivity index (χ1) is 9.10. The van der Waals surface area contributed by atoms with Gasteiger partial charge in [-0.25, -0.2) is 14.8 Å². The van der Waals surface area contributed by atoms with Gasteiger partial charge in [-0.1, -0.05) is 0 Å². The third kappa shape index (κ3) is 2.98. The van der Waals surface area contributed by atoms with E-state index in [-0.39, 0.29) is 5.56 Å². The zero-order valence-electron chi connectivity index (χ0n) is 10.5. The number of benzene rings is 1. The van der Waals surface area contributed by atoms with E-state index < -0.39 is 5.97 Å². The number of nitrogens with one attached hydrogen (secondary N) is 1. The van der Waals surface area contributed by atoms with Crippen molar-refractivity contribution in [2.75, 3.05) is 12.4 Å². The van der Waals surface area contributed by atoms with Gasteiger partial charge in [0.05, 0.1) is 7.11 Å². The Labute approximate surface area is 110 Å². The van der Waals surface area contributed by atoms with Crippen LogP contribution in [0.2, 0.25) is 0 Å². The van der Waals surface area contributed by atoms with Crippen molar-refractivity contribution in [3.63, 3.8) is 0 Å². The first-order valence-corrected chi connectivity index (χ1v) is 5.58. The topological polar surface area (TPSA) is 84.3 Å². The molecule has 1 aromatic heterocycles. The first kappa shape index (κ1) is 12.8. The zero-order chi connectivity index (χ0) is 13.8. The van der Waals surface area contributed by atoms with Crippen molar-refractivity contribution >= 4 is 17.5 Å². The number of carboxylic acids is 1. The summed E-state index contributed by atoms with van der Waals surface area (Å²) in [6, 6.07) is 6.48. The van der Waals surface area contributed by atoms with Gasteiger partial charge in [0.2, 0.25) is 0 Å². The van der Waals surface area contributed by atoms with Crippen LogP contribution in [0.4, 0.5) is 11.5 Å². The van der Waals surface area contributed by atoms with E-state index in [1.807, 2.05) is 0 Å². The number of carbonyl (C=O) groups is 1. The molecule has 0 bridgehead atoms. The minimum atomic E-state index is -1.03. The number of hydrogen-bond acceptors (Lipinski definition) is 5. The van der Waals surface area contributed by atoms with Gasteiger partial charge in [0.1, 0.15) is 23.0 Å². The fraction of sp³-hybridized carbons (Fsp3) is 0.154. The van der Waals surface area contributed by atoms with Crippen LogP contribution in [0.25, 0.3) is 0 Å². The van der Waals surface area contributed by atoms with Crippen LogP contribution in [0.15, 0.2) is 30.5 Å². The van der Waals surface area contributed by atoms with Gasteiger partial charge in [-0.3, -0.25) is 0 Å². The molecule has 0 fully saturated rings. The number of carboxylic acid groups (broad SMARTS) is 1. The average molecular weight is 259 g/mol. The van der Waals surface area contributed by atoms with Gasteiger partial charge in [0.15, 0.2) is 0 Å². The second kappa shape index (κ2) is 5.34. The summed E-state index contributed by atoms with van der Waals surface area (Å²) in [6.07, 6.45) is 1.65. The molecule has 2 rings (SSSR count). The van der Waals surface area contributed by atoms with Crippen molar-refractivity contribution in [3.05, 3.63) is 41.9 Å². The maximum atomic E-state index is 11.0. The highest BCUT2D eigenvalue weighted by atomic mass is 16.5. The number of aromatic carboxylic acids is 1. The molecule has 0 spiro atoms. The standard InChI is InChI=1S/C13H13N3O3/c1-8-14-6-5-12(15-8)16-9-3-4-10(13(17)18)11(7-9)19-2/h3-7H,1-2H3,(H,17,18)(H,14,15,16). The number of hydrogen-bond donors (Lipinski definition) is 2. The molecule has 0 amide bonds. The molecule has 1 heterocycles. The summed E-state index contributed by atoms with van der Waals surface area (Å²) in [6.45, 7) is 1.79. The maximum Gasteiger partial charge on any atom is 0.339 e. The lowest BCUT2D eigenvalue weighted by atomic mass is 10.2. The van der Waals surface area contributed by atoms with Crippen LogP contribution in [0.1, 0.15) is 16.2 Å². The number of anilines is 2. The van der Waals surface area contributed by atoms with E-state index >= 15 is 0 Å². The molecule has 2 N–H and O–H groups in total. The summed E-state index contributed by atoms with van der Waals surface area (Å²) in [7, 11) is 1.43. The van der Waals surface area contributed by atoms with E-state index in [2.05, 4.69) is 15.3 Å². The van der Waals surface area contributed by atoms with E-state index in [0.717, 1.165) is 0 Å². The lowest BCUT2D eigenvalue weighted by Crippen LogP contribution is -2.02. The summed E-state index contributed by atoms with van der Waals surface area (Å²) in [5.74, 6) is 0.557. The van der Waals surface area contributed by atoms with Gasteiger partial charge in [-0.2, -0.15) is 0 Å². The molecule has 6 heteroatoms. The molecule has 0 aliphatic rings. The molecule has 2 aromatic rings. The minimum Gasteiger partial charge on any atom is -0.496 e. The lowest BCUT2D eigenvalue weighted by molar-refractivity contribution is 0.0693. The van der Waals surface area contributed by atoms with Gasteiger partial charge in [-0.15, -0.1) is 0 Å². The Morgan fingerprint density at radius 1 is 1.37 bits per heavy atom. The molecule has 6 nitrogen and oxygen atoms in total. The fourth-order valence-electron chi connectivity index (χ4n) is 1.62. The summed E-state index contributed by atoms with van der Waals surface area (Å²) in [4.78, 5) is 19.2. The van der Waals surface area contributed by atoms with Crippen molar-refractivity contribution in [3.8, 4) is 5.75 Å². The van der Waals surface area contributed by atoms with Crippen molar-refractivity contribution in [1.82, 2.24) is 9.97 Å². The minimum absolute atomic E-state index is 0.118. The molecule has 0 unspecified atom stereocenters. The van der Waals surface area contributed by atoms with Crippen LogP contribution in [-0.4, -0.2) is 28.2 Å². The van der Waals surface area contributed by atoms with Crippen molar-refractivity contribution in [2.45, 2.75) is 6.92 Å². The van der Waals surface area contributed by atoms with Gasteiger partial charge in [-0.05, 0) is 25.1 Å². The Morgan fingerprint density at radius 2 is 2.16 bits per heavy atom. The average Bonchev–Trinajstić information content (AvgIpc) is 2.38. The summed E-state index contributed by atoms with van der Waals surface area (Å²) in [5.41, 5.74) is 0.812. The molecular weight excluding hydrogens is 246 g/mol. The van der Waals surface area contributed by atoms with Crippen LogP contribution >= 0.6 is 0 Å². The number of methoxy groups -OCH3 is 1. The molecule has 0 aliphatic carbocycles. The number of rotatable bonds is 4. The number of nitrogens with zero attached hydrogens (tertiary/aromatic N) is 2. The third-order valence-corrected chi connectivity index (χ3v) is 2.48. The van der Waals surface area contributed by atoms with E-state index in [1.165, 1.54) is 13.2 Å². The maximum absolute atomic E-state index is 11.0. The number of aryl methyl sites for hydroxylation is 1. The van der Waals surface area contributed by atoms with Gasteiger partial charge < -0.3 is 15.2 Å². The van der Waals surface area contributed by atoms with Crippen molar-refractivity contribution in [1.29, 1.82) is 0 Å². The van der Waals surface area contributed by atoms with Crippen LogP contribution in [-0.2, 0) is 0 Å². The SMILES string of the molecule is COc1cc(Nc2ccnc(C)n2)ccc1C(=O)O. The van der Waals surface area contributed by atoms with Crippen LogP contribution < -0.4 is 10.1 Å². The first-order valence-electron chi connectivity index (χ1n) is 5.58. The molecule has 0 saturated heterocycles. The van der Waals surface area contributed by atoms with Crippen LogP contribution in [0.5, 0.6) is 5.75 Å². The Balaban J connectivity index is 2.29.